The second kappa shape index (κ2) is 1.94. The third-order valence-electron chi connectivity index (χ3n) is 0.960. The van der Waals surface area contributed by atoms with Gasteiger partial charge in [-0.3, -0.25) is 0 Å². The van der Waals surface area contributed by atoms with Crippen LogP contribution in [0.25, 0.3) is 0 Å². The average Bonchev–Trinajstić information content (AvgIpc) is 2.10. The monoisotopic (exact) mass is 140 g/mol. The minimum atomic E-state index is -1.25. The van der Waals surface area contributed by atoms with Gasteiger partial charge in [0.25, 0.3) is 0 Å². The Morgan fingerprint density at radius 2 is 2.30 bits per heavy atom. The van der Waals surface area contributed by atoms with Gasteiger partial charge in [0.05, 0.1) is 5.70 Å². The van der Waals surface area contributed by atoms with Gasteiger partial charge in [0.15, 0.2) is 5.71 Å². The van der Waals surface area contributed by atoms with Crippen LogP contribution in [0.2, 0.25) is 0 Å². The summed E-state index contributed by atoms with van der Waals surface area (Å²) in [7, 11) is 0. The number of rotatable bonds is 1. The number of hydrogen-bond acceptors (Lipinski definition) is 2. The Morgan fingerprint density at radius 3 is 2.50 bits per heavy atom. The average molecular weight is 140 g/mol. The van der Waals surface area contributed by atoms with Gasteiger partial charge in [0, 0.05) is 0 Å². The van der Waals surface area contributed by atoms with Crippen LogP contribution >= 0.6 is 0 Å². The lowest BCUT2D eigenvalue weighted by atomic mass is 10.3. The predicted molar refractivity (Wildman–Crippen MR) is 32.7 cm³/mol. The number of amides is 2. The van der Waals surface area contributed by atoms with Crippen LogP contribution in [0.3, 0.4) is 0 Å². The molecule has 0 spiro atoms. The van der Waals surface area contributed by atoms with E-state index in [1.54, 1.807) is 0 Å². The highest BCUT2D eigenvalue weighted by Crippen LogP contribution is 2.00. The van der Waals surface area contributed by atoms with E-state index in [1.807, 2.05) is 0 Å². The maximum atomic E-state index is 10.3. The molecule has 0 aliphatic carbocycles. The molecule has 0 fully saturated rings. The highest BCUT2D eigenvalue weighted by atomic mass is 16.4. The number of carbonyl (C=O) groups excluding carboxylic acids is 1. The molecule has 1 aliphatic rings. The zero-order chi connectivity index (χ0) is 7.72. The number of hydrogen-bond donors (Lipinski definition) is 2. The first kappa shape index (κ1) is 6.47. The van der Waals surface area contributed by atoms with Crippen LogP contribution in [0, 0.1) is 0 Å². The molecule has 0 radical (unpaired) electrons. The van der Waals surface area contributed by atoms with Crippen LogP contribution in [0.5, 0.6) is 0 Å². The Bertz CT molecular complexity index is 254. The van der Waals surface area contributed by atoms with Gasteiger partial charge >= 0.3 is 12.0 Å². The van der Waals surface area contributed by atoms with Crippen molar-refractivity contribution >= 4 is 17.7 Å². The van der Waals surface area contributed by atoms with Crippen molar-refractivity contribution < 1.29 is 14.7 Å². The first-order chi connectivity index (χ1) is 4.61. The van der Waals surface area contributed by atoms with Crippen molar-refractivity contribution in [1.82, 2.24) is 5.32 Å². The van der Waals surface area contributed by atoms with E-state index in [0.717, 1.165) is 0 Å². The molecular weight excluding hydrogens is 136 g/mol. The maximum absolute atomic E-state index is 10.3. The highest BCUT2D eigenvalue weighted by Gasteiger charge is 2.22. The second-order valence-electron chi connectivity index (χ2n) is 1.67. The molecule has 0 bridgehead atoms. The first-order valence-corrected chi connectivity index (χ1v) is 2.43. The molecular formula is C5H4N2O3. The second-order valence-corrected chi connectivity index (χ2v) is 1.67. The number of carboxylic acids is 1. The predicted octanol–water partition coefficient (Wildman–Crippen LogP) is -0.251. The van der Waals surface area contributed by atoms with E-state index < -0.39 is 12.0 Å². The van der Waals surface area contributed by atoms with Crippen molar-refractivity contribution in [2.75, 3.05) is 0 Å². The lowest BCUT2D eigenvalue weighted by molar-refractivity contribution is -0.129. The Balaban J connectivity index is 2.96. The number of carbonyl (C=O) groups is 2. The third kappa shape index (κ3) is 0.883. The van der Waals surface area contributed by atoms with E-state index in [9.17, 15) is 9.59 Å². The van der Waals surface area contributed by atoms with Gasteiger partial charge in [-0.2, -0.15) is 4.99 Å². The quantitative estimate of drug-likeness (QED) is 0.527. The van der Waals surface area contributed by atoms with Gasteiger partial charge in [0.2, 0.25) is 0 Å². The van der Waals surface area contributed by atoms with E-state index in [-0.39, 0.29) is 11.4 Å². The fourth-order valence-electron chi connectivity index (χ4n) is 0.562. The molecule has 0 unspecified atom stereocenters. The van der Waals surface area contributed by atoms with Gasteiger partial charge in [-0.05, 0) is 0 Å². The SMILES string of the molecule is C=C1NC(=O)N=C1C(=O)O. The minimum Gasteiger partial charge on any atom is -0.476 e. The van der Waals surface area contributed by atoms with Crippen LogP contribution in [-0.2, 0) is 4.79 Å². The zero-order valence-corrected chi connectivity index (χ0v) is 4.92. The van der Waals surface area contributed by atoms with Crippen LogP contribution in [0.1, 0.15) is 0 Å². The van der Waals surface area contributed by atoms with E-state index >= 15 is 0 Å². The van der Waals surface area contributed by atoms with E-state index in [2.05, 4.69) is 16.9 Å². The van der Waals surface area contributed by atoms with E-state index in [1.165, 1.54) is 0 Å². The molecule has 0 aromatic rings. The van der Waals surface area contributed by atoms with E-state index in [0.29, 0.717) is 0 Å². The molecule has 0 aromatic heterocycles. The number of carboxylic acid groups (broad SMARTS) is 1. The molecule has 5 heteroatoms. The molecule has 2 amide bonds. The fraction of sp³-hybridized carbons (Fsp3) is 0. The van der Waals surface area contributed by atoms with Crippen LogP contribution in [0.4, 0.5) is 4.79 Å². The molecule has 0 atom stereocenters. The van der Waals surface area contributed by atoms with Crippen molar-refractivity contribution in [3.8, 4) is 0 Å². The summed E-state index contributed by atoms with van der Waals surface area (Å²) in [5.41, 5.74) is -0.275. The van der Waals surface area contributed by atoms with Crippen molar-refractivity contribution in [3.05, 3.63) is 12.3 Å². The number of aliphatic imine (C=N–C) groups is 1. The molecule has 0 saturated heterocycles. The highest BCUT2D eigenvalue weighted by molar-refractivity contribution is 6.45. The lowest BCUT2D eigenvalue weighted by Crippen LogP contribution is -2.18. The smallest absolute Gasteiger partial charge is 0.356 e. The van der Waals surface area contributed by atoms with Crippen molar-refractivity contribution in [1.29, 1.82) is 0 Å². The van der Waals surface area contributed by atoms with Gasteiger partial charge < -0.3 is 10.4 Å². The van der Waals surface area contributed by atoms with Crippen molar-refractivity contribution in [2.24, 2.45) is 4.99 Å². The number of urea groups is 1. The largest absolute Gasteiger partial charge is 0.476 e. The Kier molecular flexibility index (Phi) is 1.26. The van der Waals surface area contributed by atoms with Crippen LogP contribution < -0.4 is 5.32 Å². The van der Waals surface area contributed by atoms with Crippen LogP contribution in [-0.4, -0.2) is 22.8 Å². The van der Waals surface area contributed by atoms with Gasteiger partial charge in [0.1, 0.15) is 0 Å². The number of aliphatic carboxylic acids is 1. The molecule has 0 aromatic carbocycles. The summed E-state index contributed by atoms with van der Waals surface area (Å²) in [5.74, 6) is -1.25. The van der Waals surface area contributed by atoms with Gasteiger partial charge in [-0.25, -0.2) is 9.59 Å². The van der Waals surface area contributed by atoms with Crippen LogP contribution in [0.15, 0.2) is 17.3 Å². The molecule has 1 aliphatic heterocycles. The molecule has 1 rings (SSSR count). The van der Waals surface area contributed by atoms with Crippen molar-refractivity contribution in [2.45, 2.75) is 0 Å². The van der Waals surface area contributed by atoms with E-state index in [4.69, 9.17) is 5.11 Å². The number of nitrogens with one attached hydrogen (secondary N) is 1. The molecule has 5 nitrogen and oxygen atoms in total. The van der Waals surface area contributed by atoms with Crippen molar-refractivity contribution in [3.63, 3.8) is 0 Å². The zero-order valence-electron chi connectivity index (χ0n) is 4.92. The standard InChI is InChI=1S/C5H4N2O3/c1-2-3(4(8)9)7-5(10)6-2/h1H2,(H,6,10)(H,8,9). The lowest BCUT2D eigenvalue weighted by Gasteiger charge is -1.91. The summed E-state index contributed by atoms with van der Waals surface area (Å²) in [6.07, 6.45) is 0. The maximum Gasteiger partial charge on any atom is 0.356 e. The molecule has 1 heterocycles. The molecule has 52 valence electrons. The Morgan fingerprint density at radius 1 is 1.70 bits per heavy atom. The van der Waals surface area contributed by atoms with Gasteiger partial charge in [-0.1, -0.05) is 6.58 Å². The summed E-state index contributed by atoms with van der Waals surface area (Å²) in [4.78, 5) is 23.7. The fourth-order valence-corrected chi connectivity index (χ4v) is 0.562. The summed E-state index contributed by atoms with van der Waals surface area (Å²) in [6.45, 7) is 3.26. The van der Waals surface area contributed by atoms with Gasteiger partial charge in [-0.15, -0.1) is 0 Å². The molecule has 0 saturated carbocycles. The Labute approximate surface area is 56.1 Å². The topological polar surface area (TPSA) is 78.8 Å². The Hall–Kier alpha value is -1.65. The normalized spacial score (nSPS) is 16.6. The summed E-state index contributed by atoms with van der Waals surface area (Å²) in [6, 6.07) is -0.678. The minimum absolute atomic E-state index is 0.0394. The number of nitrogens with zero attached hydrogens (tertiary/aromatic N) is 1. The summed E-state index contributed by atoms with van der Waals surface area (Å²) in [5, 5.41) is 10.4. The molecule has 10 heavy (non-hydrogen) atoms. The third-order valence-corrected chi connectivity index (χ3v) is 0.960. The summed E-state index contributed by atoms with van der Waals surface area (Å²) < 4.78 is 0. The first-order valence-electron chi connectivity index (χ1n) is 2.43. The molecule has 2 N–H and O–H groups in total. The summed E-state index contributed by atoms with van der Waals surface area (Å²) >= 11 is 0.